The van der Waals surface area contributed by atoms with Gasteiger partial charge in [-0.2, -0.15) is 0 Å². The summed E-state index contributed by atoms with van der Waals surface area (Å²) in [6.45, 7) is 6.45. The van der Waals surface area contributed by atoms with Crippen molar-refractivity contribution < 1.29 is 14.7 Å². The van der Waals surface area contributed by atoms with Gasteiger partial charge in [-0.3, -0.25) is 14.9 Å². The van der Waals surface area contributed by atoms with E-state index in [1.165, 1.54) is 0 Å². The third-order valence-electron chi connectivity index (χ3n) is 3.28. The number of amides is 1. The number of nitrogens with zero attached hydrogens (tertiary/aromatic N) is 1. The molecule has 1 aliphatic rings. The van der Waals surface area contributed by atoms with E-state index in [4.69, 9.17) is 5.11 Å². The highest BCUT2D eigenvalue weighted by Crippen LogP contribution is 2.08. The lowest BCUT2D eigenvalue weighted by Gasteiger charge is -2.30. The van der Waals surface area contributed by atoms with Crippen LogP contribution in [0.15, 0.2) is 0 Å². The van der Waals surface area contributed by atoms with Crippen molar-refractivity contribution in [3.05, 3.63) is 0 Å². The molecule has 1 rings (SSSR count). The number of nitrogens with one attached hydrogen (secondary N) is 2. The van der Waals surface area contributed by atoms with Crippen LogP contribution in [-0.2, 0) is 9.59 Å². The second kappa shape index (κ2) is 5.97. The highest BCUT2D eigenvalue weighted by Gasteiger charge is 2.31. The maximum absolute atomic E-state index is 11.8. The summed E-state index contributed by atoms with van der Waals surface area (Å²) in [4.78, 5) is 24.6. The molecule has 0 spiro atoms. The minimum absolute atomic E-state index is 0.0348. The highest BCUT2D eigenvalue weighted by atomic mass is 16.4. The lowest BCUT2D eigenvalue weighted by Crippen LogP contribution is -2.55. The molecule has 3 N–H and O–H groups in total. The summed E-state index contributed by atoms with van der Waals surface area (Å²) in [7, 11) is 0. The van der Waals surface area contributed by atoms with Gasteiger partial charge in [-0.1, -0.05) is 6.92 Å². The fourth-order valence-corrected chi connectivity index (χ4v) is 1.65. The predicted octanol–water partition coefficient (Wildman–Crippen LogP) is -0.739. The first-order chi connectivity index (χ1) is 7.99. The fraction of sp³-hybridized carbons (Fsp3) is 0.818. The van der Waals surface area contributed by atoms with Crippen molar-refractivity contribution in [1.82, 2.24) is 15.5 Å². The number of hydrogen-bond donors (Lipinski definition) is 3. The van der Waals surface area contributed by atoms with Gasteiger partial charge in [0.2, 0.25) is 5.91 Å². The second-order valence-electron chi connectivity index (χ2n) is 4.48. The minimum Gasteiger partial charge on any atom is -0.480 e. The van der Waals surface area contributed by atoms with Gasteiger partial charge in [-0.25, -0.2) is 0 Å². The number of hydrogen-bond acceptors (Lipinski definition) is 4. The van der Waals surface area contributed by atoms with Crippen LogP contribution in [0.1, 0.15) is 20.3 Å². The van der Waals surface area contributed by atoms with Crippen molar-refractivity contribution in [2.24, 2.45) is 0 Å². The molecule has 6 heteroatoms. The van der Waals surface area contributed by atoms with Crippen molar-refractivity contribution in [2.45, 2.75) is 25.8 Å². The van der Waals surface area contributed by atoms with Gasteiger partial charge < -0.3 is 15.3 Å². The summed E-state index contributed by atoms with van der Waals surface area (Å²) in [5.41, 5.74) is -1.02. The molecule has 0 saturated carbocycles. The first kappa shape index (κ1) is 13.9. The Balaban J connectivity index is 2.43. The standard InChI is InChI=1S/C11H21N3O3/c1-3-11(2,10(16)17)13-8-9(15)14-6-4-12-5-7-14/h12-13H,3-8H2,1-2H3,(H,16,17). The number of carbonyl (C=O) groups excluding carboxylic acids is 1. The molecule has 1 unspecified atom stereocenters. The molecule has 0 radical (unpaired) electrons. The summed E-state index contributed by atoms with van der Waals surface area (Å²) in [6, 6.07) is 0. The van der Waals surface area contributed by atoms with Gasteiger partial charge in [0, 0.05) is 26.2 Å². The first-order valence-electron chi connectivity index (χ1n) is 5.96. The molecule has 1 amide bonds. The molecule has 0 aromatic heterocycles. The Hall–Kier alpha value is -1.14. The van der Waals surface area contributed by atoms with Crippen LogP contribution in [0.4, 0.5) is 0 Å². The Kier molecular flexibility index (Phi) is 4.89. The number of rotatable bonds is 5. The number of carboxylic acids is 1. The predicted molar refractivity (Wildman–Crippen MR) is 63.8 cm³/mol. The van der Waals surface area contributed by atoms with Gasteiger partial charge >= 0.3 is 5.97 Å². The molecule has 1 saturated heterocycles. The molecule has 6 nitrogen and oxygen atoms in total. The molecule has 1 heterocycles. The molecular formula is C11H21N3O3. The SMILES string of the molecule is CCC(C)(NCC(=O)N1CCNCC1)C(=O)O. The average molecular weight is 243 g/mol. The fourth-order valence-electron chi connectivity index (χ4n) is 1.65. The van der Waals surface area contributed by atoms with E-state index in [2.05, 4.69) is 10.6 Å². The topological polar surface area (TPSA) is 81.7 Å². The number of aliphatic carboxylic acids is 1. The van der Waals surface area contributed by atoms with Crippen LogP contribution in [0.2, 0.25) is 0 Å². The molecule has 17 heavy (non-hydrogen) atoms. The van der Waals surface area contributed by atoms with Crippen LogP contribution in [-0.4, -0.2) is 60.1 Å². The molecule has 1 aliphatic heterocycles. The molecular weight excluding hydrogens is 222 g/mol. The van der Waals surface area contributed by atoms with E-state index in [1.54, 1.807) is 18.7 Å². The molecule has 98 valence electrons. The van der Waals surface area contributed by atoms with Crippen molar-refractivity contribution >= 4 is 11.9 Å². The Bertz CT molecular complexity index is 290. The molecule has 1 atom stereocenters. The largest absolute Gasteiger partial charge is 0.480 e. The van der Waals surface area contributed by atoms with Crippen LogP contribution < -0.4 is 10.6 Å². The van der Waals surface area contributed by atoms with Crippen LogP contribution in [0.3, 0.4) is 0 Å². The zero-order valence-corrected chi connectivity index (χ0v) is 10.5. The van der Waals surface area contributed by atoms with E-state index in [0.717, 1.165) is 13.1 Å². The van der Waals surface area contributed by atoms with Crippen molar-refractivity contribution in [3.8, 4) is 0 Å². The van der Waals surface area contributed by atoms with Crippen molar-refractivity contribution in [3.63, 3.8) is 0 Å². The normalized spacial score (nSPS) is 19.8. The molecule has 0 bridgehead atoms. The Morgan fingerprint density at radius 2 is 2.00 bits per heavy atom. The molecule has 0 aliphatic carbocycles. The Morgan fingerprint density at radius 3 is 2.47 bits per heavy atom. The lowest BCUT2D eigenvalue weighted by molar-refractivity contribution is -0.144. The van der Waals surface area contributed by atoms with E-state index >= 15 is 0 Å². The summed E-state index contributed by atoms with van der Waals surface area (Å²) in [6.07, 6.45) is 0.442. The van der Waals surface area contributed by atoms with Gasteiger partial charge in [-0.15, -0.1) is 0 Å². The summed E-state index contributed by atoms with van der Waals surface area (Å²) in [5, 5.41) is 15.1. The molecule has 1 fully saturated rings. The molecule has 0 aromatic carbocycles. The van der Waals surface area contributed by atoms with Gasteiger partial charge in [0.1, 0.15) is 5.54 Å². The van der Waals surface area contributed by atoms with E-state index in [0.29, 0.717) is 19.5 Å². The van der Waals surface area contributed by atoms with Crippen LogP contribution in [0.25, 0.3) is 0 Å². The summed E-state index contributed by atoms with van der Waals surface area (Å²) in [5.74, 6) is -0.958. The van der Waals surface area contributed by atoms with Crippen molar-refractivity contribution in [1.29, 1.82) is 0 Å². The van der Waals surface area contributed by atoms with E-state index in [9.17, 15) is 9.59 Å². The quantitative estimate of drug-likeness (QED) is 0.592. The Labute approximate surface area is 101 Å². The van der Waals surface area contributed by atoms with Gasteiger partial charge in [0.15, 0.2) is 0 Å². The third-order valence-corrected chi connectivity index (χ3v) is 3.28. The second-order valence-corrected chi connectivity index (χ2v) is 4.48. The smallest absolute Gasteiger partial charge is 0.323 e. The molecule has 0 aromatic rings. The third kappa shape index (κ3) is 3.67. The van der Waals surface area contributed by atoms with Crippen LogP contribution >= 0.6 is 0 Å². The van der Waals surface area contributed by atoms with Crippen molar-refractivity contribution in [2.75, 3.05) is 32.7 Å². The number of carbonyl (C=O) groups is 2. The Morgan fingerprint density at radius 1 is 1.41 bits per heavy atom. The van der Waals surface area contributed by atoms with E-state index < -0.39 is 11.5 Å². The van der Waals surface area contributed by atoms with Gasteiger partial charge in [0.25, 0.3) is 0 Å². The van der Waals surface area contributed by atoms with E-state index in [1.807, 2.05) is 0 Å². The first-order valence-corrected chi connectivity index (χ1v) is 5.96. The summed E-state index contributed by atoms with van der Waals surface area (Å²) < 4.78 is 0. The zero-order valence-electron chi connectivity index (χ0n) is 10.5. The van der Waals surface area contributed by atoms with Crippen LogP contribution in [0.5, 0.6) is 0 Å². The van der Waals surface area contributed by atoms with E-state index in [-0.39, 0.29) is 12.5 Å². The number of piperazine rings is 1. The summed E-state index contributed by atoms with van der Waals surface area (Å²) >= 11 is 0. The maximum atomic E-state index is 11.8. The van der Waals surface area contributed by atoms with Gasteiger partial charge in [0.05, 0.1) is 6.54 Å². The zero-order chi connectivity index (χ0) is 12.9. The average Bonchev–Trinajstić information content (AvgIpc) is 2.36. The minimum atomic E-state index is -1.02. The monoisotopic (exact) mass is 243 g/mol. The lowest BCUT2D eigenvalue weighted by atomic mass is 9.99. The van der Waals surface area contributed by atoms with Crippen LogP contribution in [0, 0.1) is 0 Å². The number of carboxylic acid groups (broad SMARTS) is 1. The van der Waals surface area contributed by atoms with Gasteiger partial charge in [-0.05, 0) is 13.3 Å². The maximum Gasteiger partial charge on any atom is 0.323 e. The highest BCUT2D eigenvalue weighted by molar-refractivity contribution is 5.82.